The van der Waals surface area contributed by atoms with Crippen LogP contribution in [0.5, 0.6) is 0 Å². The summed E-state index contributed by atoms with van der Waals surface area (Å²) < 4.78 is 8.77. The Labute approximate surface area is 241 Å². The Hall–Kier alpha value is -5.67. The Morgan fingerprint density at radius 3 is 1.64 bits per heavy atom. The van der Waals surface area contributed by atoms with E-state index in [-0.39, 0.29) is 0 Å². The molecule has 0 radical (unpaired) electrons. The van der Waals surface area contributed by atoms with Gasteiger partial charge in [-0.15, -0.1) is 0 Å². The molecular weight excluding hydrogens is 512 g/mol. The second-order valence-corrected chi connectivity index (χ2v) is 10.8. The molecule has 3 aromatic heterocycles. The van der Waals surface area contributed by atoms with E-state index in [1.807, 2.05) is 18.2 Å². The van der Waals surface area contributed by atoms with Gasteiger partial charge in [0.1, 0.15) is 5.58 Å². The molecule has 42 heavy (non-hydrogen) atoms. The summed E-state index contributed by atoms with van der Waals surface area (Å²) in [4.78, 5) is 4.97. The maximum Gasteiger partial charge on any atom is 0.230 e. The van der Waals surface area contributed by atoms with Crippen molar-refractivity contribution in [1.29, 1.82) is 0 Å². The van der Waals surface area contributed by atoms with Gasteiger partial charge in [0.2, 0.25) is 5.71 Å². The minimum atomic E-state index is 0.654. The Bertz CT molecular complexity index is 2350. The van der Waals surface area contributed by atoms with Gasteiger partial charge in [-0.2, -0.15) is 0 Å². The summed E-state index contributed by atoms with van der Waals surface area (Å²) in [6.45, 7) is 0. The molecule has 3 nitrogen and oxygen atoms in total. The molecule has 0 saturated heterocycles. The van der Waals surface area contributed by atoms with Crippen LogP contribution in [0.3, 0.4) is 0 Å². The molecular formula is C39H24N2O. The normalized spacial score (nSPS) is 11.8. The fourth-order valence-corrected chi connectivity index (χ4v) is 6.47. The fourth-order valence-electron chi connectivity index (χ4n) is 6.47. The van der Waals surface area contributed by atoms with Crippen LogP contribution in [0.4, 0.5) is 0 Å². The third-order valence-corrected chi connectivity index (χ3v) is 8.40. The predicted molar refractivity (Wildman–Crippen MR) is 174 cm³/mol. The summed E-state index contributed by atoms with van der Waals surface area (Å²) in [7, 11) is 0. The Morgan fingerprint density at radius 2 is 1.00 bits per heavy atom. The van der Waals surface area contributed by atoms with Gasteiger partial charge in [0, 0.05) is 21.5 Å². The summed E-state index contributed by atoms with van der Waals surface area (Å²) in [5, 5.41) is 5.62. The quantitative estimate of drug-likeness (QED) is 0.225. The summed E-state index contributed by atoms with van der Waals surface area (Å²) in [6.07, 6.45) is 0. The Morgan fingerprint density at radius 1 is 0.452 bits per heavy atom. The van der Waals surface area contributed by atoms with Crippen LogP contribution >= 0.6 is 0 Å². The number of pyridine rings is 1. The summed E-state index contributed by atoms with van der Waals surface area (Å²) >= 11 is 0. The van der Waals surface area contributed by atoms with E-state index in [1.165, 1.54) is 33.0 Å². The molecule has 0 atom stereocenters. The van der Waals surface area contributed by atoms with Crippen molar-refractivity contribution in [2.45, 2.75) is 0 Å². The highest BCUT2D eigenvalue weighted by atomic mass is 16.3. The number of para-hydroxylation sites is 2. The van der Waals surface area contributed by atoms with Gasteiger partial charge in [0.15, 0.2) is 0 Å². The maximum absolute atomic E-state index is 6.35. The average Bonchev–Trinajstić information content (AvgIpc) is 3.59. The van der Waals surface area contributed by atoms with E-state index in [4.69, 9.17) is 9.40 Å². The molecule has 0 aliphatic carbocycles. The van der Waals surface area contributed by atoms with Gasteiger partial charge in [-0.25, -0.2) is 4.98 Å². The third-order valence-electron chi connectivity index (χ3n) is 8.40. The highest BCUT2D eigenvalue weighted by Crippen LogP contribution is 2.42. The molecule has 9 rings (SSSR count). The first kappa shape index (κ1) is 23.1. The molecule has 6 aromatic carbocycles. The number of furan rings is 1. The molecule has 0 aliphatic heterocycles. The van der Waals surface area contributed by atoms with Crippen LogP contribution in [0.25, 0.3) is 82.7 Å². The van der Waals surface area contributed by atoms with Crippen molar-refractivity contribution in [2.24, 2.45) is 0 Å². The molecule has 3 heteroatoms. The summed E-state index contributed by atoms with van der Waals surface area (Å²) in [6, 6.07) is 51.5. The number of hydrogen-bond donors (Lipinski definition) is 0. The zero-order valence-electron chi connectivity index (χ0n) is 22.7. The lowest BCUT2D eigenvalue weighted by molar-refractivity contribution is 0.656. The van der Waals surface area contributed by atoms with Crippen LogP contribution in [-0.2, 0) is 0 Å². The molecule has 0 spiro atoms. The van der Waals surface area contributed by atoms with Crippen LogP contribution in [0.2, 0.25) is 0 Å². The van der Waals surface area contributed by atoms with E-state index >= 15 is 0 Å². The second kappa shape index (κ2) is 8.92. The van der Waals surface area contributed by atoms with E-state index in [1.54, 1.807) is 0 Å². The van der Waals surface area contributed by atoms with Crippen LogP contribution in [0, 0.1) is 0 Å². The minimum absolute atomic E-state index is 0.654. The van der Waals surface area contributed by atoms with Crippen molar-refractivity contribution in [1.82, 2.24) is 9.55 Å². The van der Waals surface area contributed by atoms with Crippen LogP contribution in [-0.4, -0.2) is 9.55 Å². The lowest BCUT2D eigenvalue weighted by Gasteiger charge is -2.13. The number of fused-ring (bicyclic) bond motifs is 7. The van der Waals surface area contributed by atoms with Gasteiger partial charge in [-0.3, -0.25) is 0 Å². The van der Waals surface area contributed by atoms with Gasteiger partial charge in [0.05, 0.1) is 27.6 Å². The number of aromatic nitrogens is 2. The monoisotopic (exact) mass is 536 g/mol. The largest absolute Gasteiger partial charge is 0.438 e. The molecule has 0 N–H and O–H groups in total. The van der Waals surface area contributed by atoms with Crippen molar-refractivity contribution in [3.05, 3.63) is 146 Å². The smallest absolute Gasteiger partial charge is 0.230 e. The molecule has 196 valence electrons. The van der Waals surface area contributed by atoms with E-state index in [2.05, 4.69) is 132 Å². The predicted octanol–water partition coefficient (Wildman–Crippen LogP) is 10.6. The third kappa shape index (κ3) is 3.37. The van der Waals surface area contributed by atoms with Crippen LogP contribution in [0.15, 0.2) is 150 Å². The van der Waals surface area contributed by atoms with E-state index in [0.717, 1.165) is 44.0 Å². The maximum atomic E-state index is 6.35. The van der Waals surface area contributed by atoms with Crippen molar-refractivity contribution in [2.75, 3.05) is 0 Å². The lowest BCUT2D eigenvalue weighted by Crippen LogP contribution is -1.98. The minimum Gasteiger partial charge on any atom is -0.438 e. The molecule has 0 bridgehead atoms. The van der Waals surface area contributed by atoms with Gasteiger partial charge >= 0.3 is 0 Å². The zero-order chi connectivity index (χ0) is 27.6. The molecule has 9 aromatic rings. The average molecular weight is 537 g/mol. The number of hydrogen-bond acceptors (Lipinski definition) is 2. The number of nitrogens with zero attached hydrogens (tertiary/aromatic N) is 2. The van der Waals surface area contributed by atoms with E-state index in [0.29, 0.717) is 5.71 Å². The summed E-state index contributed by atoms with van der Waals surface area (Å²) in [5.41, 5.74) is 10.6. The molecule has 3 heterocycles. The van der Waals surface area contributed by atoms with Gasteiger partial charge in [-0.1, -0.05) is 109 Å². The zero-order valence-corrected chi connectivity index (χ0v) is 22.7. The van der Waals surface area contributed by atoms with Crippen molar-refractivity contribution in [3.63, 3.8) is 0 Å². The topological polar surface area (TPSA) is 31.0 Å². The van der Waals surface area contributed by atoms with E-state index in [9.17, 15) is 0 Å². The molecule has 0 fully saturated rings. The second-order valence-electron chi connectivity index (χ2n) is 10.8. The van der Waals surface area contributed by atoms with Crippen LogP contribution < -0.4 is 0 Å². The van der Waals surface area contributed by atoms with E-state index < -0.39 is 0 Å². The standard InChI is InChI=1S/C39H24N2O/c1-3-11-25(12-4-1)27-19-21-34-31(23-27)32-24-28(26-13-5-2-6-14-26)20-22-35(32)41(34)38-29-15-7-9-17-33(29)40-39-37(38)30-16-8-10-18-36(30)42-39/h1-24H. The van der Waals surface area contributed by atoms with Crippen LogP contribution in [0.1, 0.15) is 0 Å². The first-order chi connectivity index (χ1) is 20.8. The van der Waals surface area contributed by atoms with Crippen molar-refractivity contribution < 1.29 is 4.42 Å². The molecule has 0 unspecified atom stereocenters. The van der Waals surface area contributed by atoms with Gasteiger partial charge in [0.25, 0.3) is 0 Å². The Kier molecular flexibility index (Phi) is 4.90. The number of rotatable bonds is 3. The SMILES string of the molecule is c1ccc(-c2ccc3c(c2)c2cc(-c4ccccc4)ccc2n3-c2c3ccccc3nc3oc4ccccc4c23)cc1. The molecule has 0 saturated carbocycles. The first-order valence-corrected chi connectivity index (χ1v) is 14.2. The highest BCUT2D eigenvalue weighted by Gasteiger charge is 2.22. The summed E-state index contributed by atoms with van der Waals surface area (Å²) in [5.74, 6) is 0. The van der Waals surface area contributed by atoms with Gasteiger partial charge in [-0.05, 0) is 58.7 Å². The first-order valence-electron chi connectivity index (χ1n) is 14.2. The van der Waals surface area contributed by atoms with Gasteiger partial charge < -0.3 is 8.98 Å². The number of benzene rings is 6. The molecule has 0 amide bonds. The lowest BCUT2D eigenvalue weighted by atomic mass is 10.0. The fraction of sp³-hybridized carbons (Fsp3) is 0. The highest BCUT2D eigenvalue weighted by molar-refractivity contribution is 6.19. The van der Waals surface area contributed by atoms with Crippen molar-refractivity contribution >= 4 is 54.8 Å². The molecule has 0 aliphatic rings. The Balaban J connectivity index is 1.46. The van der Waals surface area contributed by atoms with Crippen molar-refractivity contribution in [3.8, 4) is 27.9 Å².